The molecule has 2 aliphatic carbocycles. The van der Waals surface area contributed by atoms with E-state index in [1.54, 1.807) is 7.11 Å². The zero-order chi connectivity index (χ0) is 14.9. The number of benzene rings is 1. The number of allylic oxidation sites excluding steroid dienone is 2. The molecular weight excluding hydrogens is 272 g/mol. The Hall–Kier alpha value is -1.48. The van der Waals surface area contributed by atoms with Crippen LogP contribution in [0.25, 0.3) is 0 Å². The van der Waals surface area contributed by atoms with Crippen LogP contribution in [0.5, 0.6) is 5.75 Å². The second kappa shape index (κ2) is 5.96. The highest BCUT2D eigenvalue weighted by Crippen LogP contribution is 2.43. The second-order valence-corrected chi connectivity index (χ2v) is 7.03. The van der Waals surface area contributed by atoms with Gasteiger partial charge in [-0.1, -0.05) is 18.2 Å². The van der Waals surface area contributed by atoms with Gasteiger partial charge in [-0.15, -0.1) is 0 Å². The van der Waals surface area contributed by atoms with E-state index in [1.807, 2.05) is 6.07 Å². The Balaban J connectivity index is 1.31. The first-order chi connectivity index (χ1) is 10.8. The Morgan fingerprint density at radius 3 is 2.64 bits per heavy atom. The molecule has 1 aromatic rings. The largest absolute Gasteiger partial charge is 0.497 e. The van der Waals surface area contributed by atoms with Gasteiger partial charge in [0, 0.05) is 44.5 Å². The van der Waals surface area contributed by atoms with Gasteiger partial charge in [-0.05, 0) is 42.7 Å². The van der Waals surface area contributed by atoms with Crippen molar-refractivity contribution in [2.45, 2.75) is 12.8 Å². The molecule has 1 heterocycles. The van der Waals surface area contributed by atoms with Crippen LogP contribution < -0.4 is 9.64 Å². The minimum Gasteiger partial charge on any atom is -0.497 e. The molecule has 0 N–H and O–H groups in total. The molecule has 0 amide bonds. The molecule has 0 aromatic heterocycles. The summed E-state index contributed by atoms with van der Waals surface area (Å²) in [7, 11) is 1.74. The molecule has 1 aliphatic heterocycles. The van der Waals surface area contributed by atoms with Crippen LogP contribution in [-0.4, -0.2) is 44.7 Å². The molecule has 3 heteroatoms. The van der Waals surface area contributed by atoms with E-state index < -0.39 is 0 Å². The van der Waals surface area contributed by atoms with Gasteiger partial charge in [-0.3, -0.25) is 4.90 Å². The van der Waals surface area contributed by atoms with Crippen molar-refractivity contribution in [3.05, 3.63) is 36.4 Å². The molecular formula is C19H26N2O. The van der Waals surface area contributed by atoms with Crippen molar-refractivity contribution < 1.29 is 4.74 Å². The van der Waals surface area contributed by atoms with E-state index >= 15 is 0 Å². The summed E-state index contributed by atoms with van der Waals surface area (Å²) in [5, 5.41) is 0. The fraction of sp³-hybridized carbons (Fsp3) is 0.579. The number of methoxy groups -OCH3 is 1. The summed E-state index contributed by atoms with van der Waals surface area (Å²) in [5.74, 6) is 3.64. The lowest BCUT2D eigenvalue weighted by Crippen LogP contribution is -2.48. The maximum Gasteiger partial charge on any atom is 0.120 e. The van der Waals surface area contributed by atoms with Gasteiger partial charge in [-0.2, -0.15) is 0 Å². The third kappa shape index (κ3) is 2.74. The first kappa shape index (κ1) is 14.1. The van der Waals surface area contributed by atoms with Gasteiger partial charge >= 0.3 is 0 Å². The quantitative estimate of drug-likeness (QED) is 0.795. The predicted molar refractivity (Wildman–Crippen MR) is 90.5 cm³/mol. The van der Waals surface area contributed by atoms with E-state index in [4.69, 9.17) is 4.74 Å². The fourth-order valence-electron chi connectivity index (χ4n) is 4.43. The summed E-state index contributed by atoms with van der Waals surface area (Å²) in [4.78, 5) is 5.16. The molecule has 118 valence electrons. The van der Waals surface area contributed by atoms with Crippen LogP contribution in [-0.2, 0) is 0 Å². The Morgan fingerprint density at radius 2 is 1.95 bits per heavy atom. The fourth-order valence-corrected chi connectivity index (χ4v) is 4.43. The number of anilines is 1. The van der Waals surface area contributed by atoms with Gasteiger partial charge in [0.25, 0.3) is 0 Å². The van der Waals surface area contributed by atoms with Crippen molar-refractivity contribution >= 4 is 5.69 Å². The van der Waals surface area contributed by atoms with Crippen molar-refractivity contribution in [1.29, 1.82) is 0 Å². The zero-order valence-corrected chi connectivity index (χ0v) is 13.4. The van der Waals surface area contributed by atoms with Gasteiger partial charge < -0.3 is 9.64 Å². The topological polar surface area (TPSA) is 15.7 Å². The van der Waals surface area contributed by atoms with Crippen LogP contribution >= 0.6 is 0 Å². The van der Waals surface area contributed by atoms with Crippen molar-refractivity contribution in [3.8, 4) is 5.75 Å². The Morgan fingerprint density at radius 1 is 1.09 bits per heavy atom. The van der Waals surface area contributed by atoms with Crippen LogP contribution in [0.15, 0.2) is 36.4 Å². The zero-order valence-electron chi connectivity index (χ0n) is 13.4. The lowest BCUT2D eigenvalue weighted by molar-refractivity contribution is 0.204. The molecule has 22 heavy (non-hydrogen) atoms. The highest BCUT2D eigenvalue weighted by Gasteiger charge is 2.36. The van der Waals surface area contributed by atoms with Gasteiger partial charge in [0.2, 0.25) is 0 Å². The van der Waals surface area contributed by atoms with E-state index in [1.165, 1.54) is 38.2 Å². The molecule has 2 fully saturated rings. The van der Waals surface area contributed by atoms with Gasteiger partial charge in [0.05, 0.1) is 7.11 Å². The maximum absolute atomic E-state index is 5.34. The SMILES string of the molecule is COc1cccc(N2CCN(C[C@H]3C[C@H]4C=C[C@H]3C4)CC2)c1. The van der Waals surface area contributed by atoms with Crippen LogP contribution in [0, 0.1) is 17.8 Å². The number of fused-ring (bicyclic) bond motifs is 2. The molecule has 2 bridgehead atoms. The van der Waals surface area contributed by atoms with Crippen LogP contribution in [0.1, 0.15) is 12.8 Å². The molecule has 0 unspecified atom stereocenters. The molecule has 0 spiro atoms. The average molecular weight is 298 g/mol. The summed E-state index contributed by atoms with van der Waals surface area (Å²) in [5.41, 5.74) is 1.29. The Labute approximate surface area is 133 Å². The number of ether oxygens (including phenoxy) is 1. The first-order valence-electron chi connectivity index (χ1n) is 8.61. The summed E-state index contributed by atoms with van der Waals surface area (Å²) in [6.07, 6.45) is 7.78. The minimum absolute atomic E-state index is 0.876. The second-order valence-electron chi connectivity index (χ2n) is 7.03. The smallest absolute Gasteiger partial charge is 0.120 e. The van der Waals surface area contributed by atoms with Crippen LogP contribution in [0.3, 0.4) is 0 Å². The highest BCUT2D eigenvalue weighted by molar-refractivity contribution is 5.51. The average Bonchev–Trinajstić information content (AvgIpc) is 3.18. The number of hydrogen-bond acceptors (Lipinski definition) is 3. The summed E-state index contributed by atoms with van der Waals surface area (Å²) < 4.78 is 5.34. The number of nitrogens with zero attached hydrogens (tertiary/aromatic N) is 2. The van der Waals surface area contributed by atoms with Crippen molar-refractivity contribution in [2.24, 2.45) is 17.8 Å². The van der Waals surface area contributed by atoms with Crippen molar-refractivity contribution in [1.82, 2.24) is 4.90 Å². The van der Waals surface area contributed by atoms with E-state index in [0.29, 0.717) is 0 Å². The number of rotatable bonds is 4. The molecule has 1 saturated heterocycles. The summed E-state index contributed by atoms with van der Waals surface area (Å²) >= 11 is 0. The summed E-state index contributed by atoms with van der Waals surface area (Å²) in [6, 6.07) is 8.44. The van der Waals surface area contributed by atoms with E-state index in [0.717, 1.165) is 36.6 Å². The van der Waals surface area contributed by atoms with E-state index in [2.05, 4.69) is 40.2 Å². The summed E-state index contributed by atoms with van der Waals surface area (Å²) in [6.45, 7) is 5.94. The Kier molecular flexibility index (Phi) is 3.83. The standard InChI is InChI=1S/C19H26N2O/c1-22-19-4-2-3-18(13-19)21-9-7-20(8-10-21)14-17-12-15-5-6-16(17)11-15/h2-6,13,15-17H,7-12,14H2,1H3/t15-,16-,17+/m0/s1. The first-order valence-corrected chi connectivity index (χ1v) is 8.61. The lowest BCUT2D eigenvalue weighted by Gasteiger charge is -2.38. The van der Waals surface area contributed by atoms with Crippen LogP contribution in [0.4, 0.5) is 5.69 Å². The predicted octanol–water partition coefficient (Wildman–Crippen LogP) is 3.03. The van der Waals surface area contributed by atoms with Crippen LogP contribution in [0.2, 0.25) is 0 Å². The normalized spacial score (nSPS) is 31.0. The van der Waals surface area contributed by atoms with Gasteiger partial charge in [-0.25, -0.2) is 0 Å². The molecule has 4 rings (SSSR count). The van der Waals surface area contributed by atoms with Gasteiger partial charge in [0.15, 0.2) is 0 Å². The Bertz CT molecular complexity index is 548. The molecule has 0 radical (unpaired) electrons. The third-order valence-electron chi connectivity index (χ3n) is 5.70. The lowest BCUT2D eigenvalue weighted by atomic mass is 9.93. The van der Waals surface area contributed by atoms with Crippen molar-refractivity contribution in [2.75, 3.05) is 44.7 Å². The molecule has 3 atom stereocenters. The highest BCUT2D eigenvalue weighted by atomic mass is 16.5. The number of hydrogen-bond donors (Lipinski definition) is 0. The molecule has 1 saturated carbocycles. The minimum atomic E-state index is 0.876. The maximum atomic E-state index is 5.34. The van der Waals surface area contributed by atoms with Gasteiger partial charge in [0.1, 0.15) is 5.75 Å². The number of piperazine rings is 1. The van der Waals surface area contributed by atoms with Crippen molar-refractivity contribution in [3.63, 3.8) is 0 Å². The monoisotopic (exact) mass is 298 g/mol. The molecule has 1 aromatic carbocycles. The third-order valence-corrected chi connectivity index (χ3v) is 5.70. The van der Waals surface area contributed by atoms with E-state index in [9.17, 15) is 0 Å². The molecule has 3 aliphatic rings. The van der Waals surface area contributed by atoms with E-state index in [-0.39, 0.29) is 0 Å². The molecule has 3 nitrogen and oxygen atoms in total.